The first kappa shape index (κ1) is 12.9. The van der Waals surface area contributed by atoms with Gasteiger partial charge in [0.25, 0.3) is 0 Å². The molecular weight excluding hydrogens is 172 g/mol. The average Bonchev–Trinajstić information content (AvgIpc) is 2.06. The molecule has 1 nitrogen and oxygen atoms in total. The Morgan fingerprint density at radius 2 is 1.85 bits per heavy atom. The molecule has 0 aliphatic rings. The SMILES string of the molecule is CCCC(O)Cc1ccccc1.[MgH2]. The van der Waals surface area contributed by atoms with Crippen LogP contribution in [0.15, 0.2) is 30.3 Å². The fraction of sp³-hybridized carbons (Fsp3) is 0.455. The Bertz CT molecular complexity index is 211. The van der Waals surface area contributed by atoms with Gasteiger partial charge in [0.15, 0.2) is 0 Å². The molecule has 1 atom stereocenters. The van der Waals surface area contributed by atoms with Crippen molar-refractivity contribution in [3.63, 3.8) is 0 Å². The van der Waals surface area contributed by atoms with E-state index in [-0.39, 0.29) is 29.2 Å². The van der Waals surface area contributed by atoms with Crippen LogP contribution in [0.4, 0.5) is 0 Å². The minimum atomic E-state index is -0.169. The van der Waals surface area contributed by atoms with Gasteiger partial charge in [-0.2, -0.15) is 0 Å². The highest BCUT2D eigenvalue weighted by Crippen LogP contribution is 2.06. The number of hydrogen-bond acceptors (Lipinski definition) is 1. The fourth-order valence-corrected chi connectivity index (χ4v) is 1.32. The molecule has 70 valence electrons. The minimum absolute atomic E-state index is 0. The van der Waals surface area contributed by atoms with E-state index >= 15 is 0 Å². The van der Waals surface area contributed by atoms with Gasteiger partial charge < -0.3 is 5.11 Å². The van der Waals surface area contributed by atoms with Crippen LogP contribution in [0.1, 0.15) is 25.3 Å². The van der Waals surface area contributed by atoms with Gasteiger partial charge in [-0.1, -0.05) is 43.7 Å². The van der Waals surface area contributed by atoms with E-state index in [0.29, 0.717) is 0 Å². The van der Waals surface area contributed by atoms with Gasteiger partial charge >= 0.3 is 23.1 Å². The van der Waals surface area contributed by atoms with Crippen molar-refractivity contribution in [1.82, 2.24) is 0 Å². The summed E-state index contributed by atoms with van der Waals surface area (Å²) < 4.78 is 0. The second-order valence-electron chi connectivity index (χ2n) is 3.13. The van der Waals surface area contributed by atoms with E-state index in [1.54, 1.807) is 0 Å². The van der Waals surface area contributed by atoms with Crippen LogP contribution in [-0.4, -0.2) is 34.3 Å². The first-order chi connectivity index (χ1) is 5.83. The standard InChI is InChI=1S/C11H16O.Mg.2H/c1-2-6-11(12)9-10-7-4-3-5-8-10;;;/h3-5,7-8,11-12H,2,6,9H2,1H3;;;. The van der Waals surface area contributed by atoms with Crippen molar-refractivity contribution in [1.29, 1.82) is 0 Å². The molecule has 0 spiro atoms. The fourth-order valence-electron chi connectivity index (χ4n) is 1.32. The van der Waals surface area contributed by atoms with Crippen molar-refractivity contribution in [2.75, 3.05) is 0 Å². The van der Waals surface area contributed by atoms with Crippen molar-refractivity contribution in [3.05, 3.63) is 35.9 Å². The van der Waals surface area contributed by atoms with Gasteiger partial charge in [-0.25, -0.2) is 0 Å². The van der Waals surface area contributed by atoms with E-state index in [2.05, 4.69) is 19.1 Å². The molecule has 0 heterocycles. The molecule has 2 heteroatoms. The summed E-state index contributed by atoms with van der Waals surface area (Å²) >= 11 is 0. The van der Waals surface area contributed by atoms with Crippen LogP contribution in [0, 0.1) is 0 Å². The van der Waals surface area contributed by atoms with Crippen LogP contribution >= 0.6 is 0 Å². The third kappa shape index (κ3) is 5.29. The van der Waals surface area contributed by atoms with Gasteiger partial charge in [0.1, 0.15) is 0 Å². The van der Waals surface area contributed by atoms with Gasteiger partial charge in [-0.15, -0.1) is 0 Å². The minimum Gasteiger partial charge on any atom is -0.393 e. The van der Waals surface area contributed by atoms with Crippen molar-refractivity contribution < 1.29 is 5.11 Å². The lowest BCUT2D eigenvalue weighted by atomic mass is 10.1. The van der Waals surface area contributed by atoms with E-state index in [1.807, 2.05) is 18.2 Å². The highest BCUT2D eigenvalue weighted by atomic mass is 24.3. The Kier molecular flexibility index (Phi) is 7.33. The molecule has 0 fully saturated rings. The summed E-state index contributed by atoms with van der Waals surface area (Å²) in [6.07, 6.45) is 2.56. The summed E-state index contributed by atoms with van der Waals surface area (Å²) in [6, 6.07) is 10.1. The topological polar surface area (TPSA) is 20.2 Å². The second-order valence-corrected chi connectivity index (χ2v) is 3.13. The molecule has 1 unspecified atom stereocenters. The zero-order chi connectivity index (χ0) is 8.81. The van der Waals surface area contributed by atoms with Crippen molar-refractivity contribution in [2.45, 2.75) is 32.3 Å². The maximum Gasteiger partial charge on any atom is 0.316 e. The molecular formula is C11H18MgO. The molecule has 13 heavy (non-hydrogen) atoms. The van der Waals surface area contributed by atoms with Crippen LogP contribution in [0.5, 0.6) is 0 Å². The Labute approximate surface area is 96.3 Å². The Morgan fingerprint density at radius 3 is 2.38 bits per heavy atom. The Hall–Kier alpha value is -0.0538. The summed E-state index contributed by atoms with van der Waals surface area (Å²) in [6.45, 7) is 2.09. The molecule has 1 N–H and O–H groups in total. The number of aliphatic hydroxyl groups excluding tert-OH is 1. The zero-order valence-electron chi connectivity index (χ0n) is 7.53. The lowest BCUT2D eigenvalue weighted by Gasteiger charge is -2.08. The number of rotatable bonds is 4. The molecule has 0 saturated carbocycles. The first-order valence-corrected chi connectivity index (χ1v) is 4.55. The Balaban J connectivity index is 0.00000144. The van der Waals surface area contributed by atoms with Gasteiger partial charge in [0, 0.05) is 0 Å². The monoisotopic (exact) mass is 190 g/mol. The van der Waals surface area contributed by atoms with Crippen molar-refractivity contribution in [3.8, 4) is 0 Å². The second kappa shape index (κ2) is 7.36. The van der Waals surface area contributed by atoms with E-state index in [9.17, 15) is 5.11 Å². The van der Waals surface area contributed by atoms with E-state index < -0.39 is 0 Å². The van der Waals surface area contributed by atoms with E-state index in [1.165, 1.54) is 5.56 Å². The van der Waals surface area contributed by atoms with Crippen molar-refractivity contribution in [2.24, 2.45) is 0 Å². The summed E-state index contributed by atoms with van der Waals surface area (Å²) in [7, 11) is 0. The maximum atomic E-state index is 9.50. The average molecular weight is 191 g/mol. The van der Waals surface area contributed by atoms with Gasteiger partial charge in [-0.05, 0) is 18.4 Å². The molecule has 0 amide bonds. The van der Waals surface area contributed by atoms with Crippen LogP contribution in [-0.2, 0) is 6.42 Å². The summed E-state index contributed by atoms with van der Waals surface area (Å²) in [5.74, 6) is 0. The molecule has 0 aliphatic carbocycles. The third-order valence-corrected chi connectivity index (χ3v) is 1.94. The molecule has 0 saturated heterocycles. The van der Waals surface area contributed by atoms with Crippen LogP contribution in [0.2, 0.25) is 0 Å². The molecule has 1 aromatic rings. The molecule has 1 aromatic carbocycles. The Morgan fingerprint density at radius 1 is 1.23 bits per heavy atom. The lowest BCUT2D eigenvalue weighted by molar-refractivity contribution is 0.164. The first-order valence-electron chi connectivity index (χ1n) is 4.55. The third-order valence-electron chi connectivity index (χ3n) is 1.94. The van der Waals surface area contributed by atoms with Gasteiger partial charge in [-0.3, -0.25) is 0 Å². The lowest BCUT2D eigenvalue weighted by Crippen LogP contribution is -2.09. The normalized spacial score (nSPS) is 11.8. The largest absolute Gasteiger partial charge is 0.393 e. The number of hydrogen-bond donors (Lipinski definition) is 1. The van der Waals surface area contributed by atoms with E-state index in [0.717, 1.165) is 19.3 Å². The number of benzene rings is 1. The van der Waals surface area contributed by atoms with E-state index in [4.69, 9.17) is 0 Å². The summed E-state index contributed by atoms with van der Waals surface area (Å²) in [4.78, 5) is 0. The van der Waals surface area contributed by atoms with Gasteiger partial charge in [0.2, 0.25) is 0 Å². The molecule has 0 aromatic heterocycles. The highest BCUT2D eigenvalue weighted by Gasteiger charge is 2.02. The smallest absolute Gasteiger partial charge is 0.316 e. The van der Waals surface area contributed by atoms with Crippen LogP contribution < -0.4 is 0 Å². The predicted octanol–water partition coefficient (Wildman–Crippen LogP) is 1.47. The predicted molar refractivity (Wildman–Crippen MR) is 59.6 cm³/mol. The van der Waals surface area contributed by atoms with Crippen molar-refractivity contribution >= 4 is 23.1 Å². The maximum absolute atomic E-state index is 9.50. The molecule has 0 bridgehead atoms. The summed E-state index contributed by atoms with van der Waals surface area (Å²) in [5, 5.41) is 9.50. The molecule has 0 radical (unpaired) electrons. The van der Waals surface area contributed by atoms with Crippen LogP contribution in [0.25, 0.3) is 0 Å². The van der Waals surface area contributed by atoms with Gasteiger partial charge in [0.05, 0.1) is 6.10 Å². The summed E-state index contributed by atoms with van der Waals surface area (Å²) in [5.41, 5.74) is 1.22. The van der Waals surface area contributed by atoms with Crippen LogP contribution in [0.3, 0.4) is 0 Å². The molecule has 0 aliphatic heterocycles. The highest BCUT2D eigenvalue weighted by molar-refractivity contribution is 5.75. The zero-order valence-corrected chi connectivity index (χ0v) is 7.53. The number of aliphatic hydroxyl groups is 1. The molecule has 1 rings (SSSR count). The quantitative estimate of drug-likeness (QED) is 0.713.